The quantitative estimate of drug-likeness (QED) is 0.367. The molecule has 0 amide bonds. The van der Waals surface area contributed by atoms with E-state index in [0.717, 1.165) is 6.54 Å². The Morgan fingerprint density at radius 2 is 2.43 bits per heavy atom. The van der Waals surface area contributed by atoms with Crippen molar-refractivity contribution < 1.29 is 0 Å². The molecule has 0 aliphatic heterocycles. The Bertz CT molecular complexity index is 82.2. The van der Waals surface area contributed by atoms with Gasteiger partial charge in [-0.3, -0.25) is 4.99 Å². The molecule has 1 heteroatoms. The minimum Gasteiger partial charge on any atom is -0.297 e. The molecule has 0 aliphatic carbocycles. The minimum absolute atomic E-state index is 0.774. The maximum atomic E-state index is 3.69. The molecule has 0 aromatic heterocycles. The van der Waals surface area contributed by atoms with Gasteiger partial charge in [-0.05, 0) is 20.6 Å². The molecule has 0 aromatic rings. The van der Waals surface area contributed by atoms with Gasteiger partial charge in [0.25, 0.3) is 0 Å². The van der Waals surface area contributed by atoms with E-state index in [1.165, 1.54) is 5.57 Å². The third-order valence-electron chi connectivity index (χ3n) is 0.854. The zero-order valence-corrected chi connectivity index (χ0v) is 4.94. The van der Waals surface area contributed by atoms with Crippen LogP contribution in [-0.4, -0.2) is 13.3 Å². The van der Waals surface area contributed by atoms with Crippen molar-refractivity contribution in [3.8, 4) is 0 Å². The first-order valence-electron chi connectivity index (χ1n) is 2.35. The van der Waals surface area contributed by atoms with Crippen LogP contribution in [0.25, 0.3) is 0 Å². The zero-order chi connectivity index (χ0) is 5.70. The van der Waals surface area contributed by atoms with Gasteiger partial charge < -0.3 is 0 Å². The van der Waals surface area contributed by atoms with Crippen molar-refractivity contribution in [2.24, 2.45) is 4.99 Å². The monoisotopic (exact) mass is 97.1 g/mol. The average molecular weight is 97.2 g/mol. The molecule has 0 atom stereocenters. The summed E-state index contributed by atoms with van der Waals surface area (Å²) in [5.41, 5.74) is 1.27. The van der Waals surface area contributed by atoms with Gasteiger partial charge in [-0.15, -0.1) is 0 Å². The summed E-state index contributed by atoms with van der Waals surface area (Å²) in [4.78, 5) is 3.69. The molecule has 0 spiro atoms. The third-order valence-corrected chi connectivity index (χ3v) is 0.854. The Kier molecular flexibility index (Phi) is 3.29. The highest BCUT2D eigenvalue weighted by atomic mass is 14.7. The van der Waals surface area contributed by atoms with E-state index in [1.54, 1.807) is 0 Å². The van der Waals surface area contributed by atoms with Gasteiger partial charge in [-0.2, -0.15) is 0 Å². The maximum absolute atomic E-state index is 3.69. The van der Waals surface area contributed by atoms with Crippen molar-refractivity contribution in [2.75, 3.05) is 6.54 Å². The fourth-order valence-electron chi connectivity index (χ4n) is 0.268. The van der Waals surface area contributed by atoms with Gasteiger partial charge in [0, 0.05) is 0 Å². The lowest BCUT2D eigenvalue weighted by Crippen LogP contribution is -1.77. The zero-order valence-electron chi connectivity index (χ0n) is 4.94. The molecule has 0 heterocycles. The molecule has 0 rings (SSSR count). The van der Waals surface area contributed by atoms with E-state index in [9.17, 15) is 0 Å². The van der Waals surface area contributed by atoms with E-state index in [2.05, 4.69) is 11.7 Å². The summed E-state index contributed by atoms with van der Waals surface area (Å²) in [7, 11) is 0. The van der Waals surface area contributed by atoms with Gasteiger partial charge in [0.05, 0.1) is 6.54 Å². The van der Waals surface area contributed by atoms with Crippen LogP contribution in [0.1, 0.15) is 13.8 Å². The number of hydrogen-bond donors (Lipinski definition) is 0. The molecule has 0 saturated heterocycles. The highest BCUT2D eigenvalue weighted by Gasteiger charge is 1.76. The predicted molar refractivity (Wildman–Crippen MR) is 33.8 cm³/mol. The maximum Gasteiger partial charge on any atom is 0.0589 e. The molecule has 0 N–H and O–H groups in total. The summed E-state index contributed by atoms with van der Waals surface area (Å²) >= 11 is 0. The molecule has 0 fully saturated rings. The lowest BCUT2D eigenvalue weighted by molar-refractivity contribution is 1.14. The van der Waals surface area contributed by atoms with E-state index < -0.39 is 0 Å². The van der Waals surface area contributed by atoms with Crippen LogP contribution in [0.3, 0.4) is 0 Å². The summed E-state index contributed by atoms with van der Waals surface area (Å²) < 4.78 is 0. The van der Waals surface area contributed by atoms with Gasteiger partial charge in [-0.1, -0.05) is 11.6 Å². The summed E-state index contributed by atoms with van der Waals surface area (Å²) in [6.07, 6.45) is 2.04. The summed E-state index contributed by atoms with van der Waals surface area (Å²) in [5, 5.41) is 0. The summed E-state index contributed by atoms with van der Waals surface area (Å²) in [6, 6.07) is 0. The molecule has 40 valence electrons. The predicted octanol–water partition coefficient (Wildman–Crippen LogP) is 1.65. The van der Waals surface area contributed by atoms with Gasteiger partial charge in [0.15, 0.2) is 0 Å². The summed E-state index contributed by atoms with van der Waals surface area (Å²) in [6.45, 7) is 8.17. The van der Waals surface area contributed by atoms with Crippen molar-refractivity contribution in [2.45, 2.75) is 13.8 Å². The van der Waals surface area contributed by atoms with Crippen molar-refractivity contribution in [1.82, 2.24) is 0 Å². The molecule has 0 aromatic carbocycles. The standard InChI is InChI=1S/C6H11N/c1-4-6(2)5-7-3/h4H,3,5H2,1-2H3. The molecule has 0 bridgehead atoms. The Balaban J connectivity index is 3.36. The Morgan fingerprint density at radius 3 is 2.57 bits per heavy atom. The second-order valence-corrected chi connectivity index (χ2v) is 1.52. The van der Waals surface area contributed by atoms with Crippen molar-refractivity contribution in [1.29, 1.82) is 0 Å². The highest BCUT2D eigenvalue weighted by molar-refractivity contribution is 5.24. The number of aliphatic imine (C=N–C) groups is 1. The van der Waals surface area contributed by atoms with Gasteiger partial charge in [0.1, 0.15) is 0 Å². The van der Waals surface area contributed by atoms with E-state index in [4.69, 9.17) is 0 Å². The van der Waals surface area contributed by atoms with Crippen LogP contribution < -0.4 is 0 Å². The van der Waals surface area contributed by atoms with Crippen molar-refractivity contribution in [3.05, 3.63) is 11.6 Å². The Labute approximate surface area is 44.8 Å². The lowest BCUT2D eigenvalue weighted by atomic mass is 10.3. The molecule has 0 unspecified atom stereocenters. The molecule has 0 aliphatic rings. The molecule has 7 heavy (non-hydrogen) atoms. The van der Waals surface area contributed by atoms with Gasteiger partial charge in [-0.25, -0.2) is 0 Å². The Morgan fingerprint density at radius 1 is 1.86 bits per heavy atom. The third kappa shape index (κ3) is 3.23. The highest BCUT2D eigenvalue weighted by Crippen LogP contribution is 1.88. The molecule has 0 saturated carbocycles. The number of allylic oxidation sites excluding steroid dienone is 1. The van der Waals surface area contributed by atoms with E-state index >= 15 is 0 Å². The lowest BCUT2D eigenvalue weighted by Gasteiger charge is -1.87. The fraction of sp³-hybridized carbons (Fsp3) is 0.500. The van der Waals surface area contributed by atoms with Crippen LogP contribution in [-0.2, 0) is 0 Å². The normalized spacial score (nSPS) is 11.4. The van der Waals surface area contributed by atoms with E-state index in [1.807, 2.05) is 19.9 Å². The number of rotatable bonds is 2. The smallest absolute Gasteiger partial charge is 0.0589 e. The SMILES string of the molecule is C=NCC(C)=CC. The molecule has 1 nitrogen and oxygen atoms in total. The number of nitrogens with zero attached hydrogens (tertiary/aromatic N) is 1. The van der Waals surface area contributed by atoms with E-state index in [0.29, 0.717) is 0 Å². The van der Waals surface area contributed by atoms with Crippen LogP contribution in [0.2, 0.25) is 0 Å². The average Bonchev–Trinajstić information content (AvgIpc) is 1.68. The molecule has 0 radical (unpaired) electrons. The van der Waals surface area contributed by atoms with Crippen LogP contribution in [0.5, 0.6) is 0 Å². The van der Waals surface area contributed by atoms with Gasteiger partial charge >= 0.3 is 0 Å². The largest absolute Gasteiger partial charge is 0.297 e. The first-order chi connectivity index (χ1) is 3.31. The van der Waals surface area contributed by atoms with Crippen molar-refractivity contribution in [3.63, 3.8) is 0 Å². The number of hydrogen-bond acceptors (Lipinski definition) is 1. The first kappa shape index (κ1) is 6.41. The fourth-order valence-corrected chi connectivity index (χ4v) is 0.268. The molecular weight excluding hydrogens is 86.1 g/mol. The van der Waals surface area contributed by atoms with Gasteiger partial charge in [0.2, 0.25) is 0 Å². The molecular formula is C6H11N. The van der Waals surface area contributed by atoms with Crippen LogP contribution in [0, 0.1) is 0 Å². The van der Waals surface area contributed by atoms with Crippen LogP contribution in [0.4, 0.5) is 0 Å². The Hall–Kier alpha value is -0.590. The van der Waals surface area contributed by atoms with Crippen molar-refractivity contribution >= 4 is 6.72 Å². The second kappa shape index (κ2) is 3.59. The second-order valence-electron chi connectivity index (χ2n) is 1.52. The topological polar surface area (TPSA) is 12.4 Å². The van der Waals surface area contributed by atoms with Crippen LogP contribution in [0.15, 0.2) is 16.6 Å². The van der Waals surface area contributed by atoms with E-state index in [-0.39, 0.29) is 0 Å². The summed E-state index contributed by atoms with van der Waals surface area (Å²) in [5.74, 6) is 0. The van der Waals surface area contributed by atoms with Crippen LogP contribution >= 0.6 is 0 Å². The first-order valence-corrected chi connectivity index (χ1v) is 2.35. The minimum atomic E-state index is 0.774.